The number of likely N-dealkylation sites (N-methyl/N-ethyl adjacent to an activating group) is 1. The first-order valence-electron chi connectivity index (χ1n) is 17.8. The van der Waals surface area contributed by atoms with Crippen LogP contribution in [0.15, 0.2) is 18.2 Å². The molecule has 0 unspecified atom stereocenters. The molecule has 46 heavy (non-hydrogen) atoms. The van der Waals surface area contributed by atoms with Gasteiger partial charge in [0.25, 0.3) is 5.91 Å². The number of hydrogen-bond acceptors (Lipinski definition) is 6. The Kier molecular flexibility index (Phi) is 14.0. The first kappa shape index (κ1) is 36.0. The van der Waals surface area contributed by atoms with Crippen molar-refractivity contribution < 1.29 is 29.0 Å². The Morgan fingerprint density at radius 1 is 1.00 bits per heavy atom. The summed E-state index contributed by atoms with van der Waals surface area (Å²) in [6, 6.07) is 4.96. The van der Waals surface area contributed by atoms with E-state index in [1.54, 1.807) is 29.0 Å². The predicted molar refractivity (Wildman–Crippen MR) is 180 cm³/mol. The Morgan fingerprint density at radius 3 is 2.37 bits per heavy atom. The SMILES string of the molecule is C[C@@H]1CCCCO[C@H](CN(C)C(=O)NC2CCCCC2)[C@H](C)CN([C@@H](C)CO)C(=O)c2cc(NC(=O)C3CCCCC3)ccc2O1. The number of aliphatic hydroxyl groups is 1. The van der Waals surface area contributed by atoms with E-state index in [0.29, 0.717) is 36.7 Å². The summed E-state index contributed by atoms with van der Waals surface area (Å²) in [5.41, 5.74) is 0.927. The highest BCUT2D eigenvalue weighted by atomic mass is 16.5. The minimum Gasteiger partial charge on any atom is -0.490 e. The quantitative estimate of drug-likeness (QED) is 0.337. The molecular weight excluding hydrogens is 584 g/mol. The Balaban J connectivity index is 1.56. The molecule has 2 aliphatic carbocycles. The van der Waals surface area contributed by atoms with Gasteiger partial charge in [0.15, 0.2) is 0 Å². The zero-order valence-electron chi connectivity index (χ0n) is 28.6. The van der Waals surface area contributed by atoms with Crippen LogP contribution in [0.25, 0.3) is 0 Å². The molecule has 4 rings (SSSR count). The fourth-order valence-corrected chi connectivity index (χ4v) is 6.96. The molecule has 0 spiro atoms. The second-order valence-corrected chi connectivity index (χ2v) is 14.0. The number of nitrogens with one attached hydrogen (secondary N) is 2. The van der Waals surface area contributed by atoms with Gasteiger partial charge < -0.3 is 35.0 Å². The highest BCUT2D eigenvalue weighted by molar-refractivity contribution is 6.00. The lowest BCUT2D eigenvalue weighted by molar-refractivity contribution is -0.120. The molecule has 3 N–H and O–H groups in total. The second kappa shape index (κ2) is 17.9. The molecule has 1 aliphatic heterocycles. The van der Waals surface area contributed by atoms with Crippen LogP contribution in [-0.4, -0.2) is 90.4 Å². The molecule has 0 saturated heterocycles. The number of carbonyl (C=O) groups excluding carboxylic acids is 3. The van der Waals surface area contributed by atoms with Crippen molar-refractivity contribution >= 4 is 23.5 Å². The molecule has 10 nitrogen and oxygen atoms in total. The van der Waals surface area contributed by atoms with Crippen LogP contribution in [-0.2, 0) is 9.53 Å². The highest BCUT2D eigenvalue weighted by Crippen LogP contribution is 2.30. The third-order valence-corrected chi connectivity index (χ3v) is 10.0. The minimum absolute atomic E-state index is 0.00637. The molecule has 258 valence electrons. The van der Waals surface area contributed by atoms with Gasteiger partial charge in [-0.1, -0.05) is 45.4 Å². The Hall–Kier alpha value is -2.85. The molecule has 0 aromatic heterocycles. The van der Waals surface area contributed by atoms with E-state index in [2.05, 4.69) is 10.6 Å². The molecule has 1 aromatic carbocycles. The van der Waals surface area contributed by atoms with Gasteiger partial charge in [-0.05, 0) is 77.0 Å². The molecule has 2 saturated carbocycles. The van der Waals surface area contributed by atoms with Gasteiger partial charge in [-0.3, -0.25) is 9.59 Å². The summed E-state index contributed by atoms with van der Waals surface area (Å²) >= 11 is 0. The molecule has 1 heterocycles. The second-order valence-electron chi connectivity index (χ2n) is 14.0. The van der Waals surface area contributed by atoms with Crippen LogP contribution in [0.3, 0.4) is 0 Å². The van der Waals surface area contributed by atoms with Crippen LogP contribution in [0.1, 0.15) is 115 Å². The molecule has 3 aliphatic rings. The van der Waals surface area contributed by atoms with Crippen LogP contribution in [0.4, 0.5) is 10.5 Å². The molecule has 4 amide bonds. The Labute approximate surface area is 275 Å². The van der Waals surface area contributed by atoms with E-state index in [1.165, 1.54) is 12.8 Å². The number of aliphatic hydroxyl groups excluding tert-OH is 1. The molecular formula is C36H58N4O6. The largest absolute Gasteiger partial charge is 0.490 e. The van der Waals surface area contributed by atoms with Crippen molar-refractivity contribution in [2.75, 3.05) is 38.7 Å². The number of fused-ring (bicyclic) bond motifs is 1. The third kappa shape index (κ3) is 10.3. The fraction of sp³-hybridized carbons (Fsp3) is 0.750. The average molecular weight is 643 g/mol. The van der Waals surface area contributed by atoms with E-state index < -0.39 is 6.04 Å². The third-order valence-electron chi connectivity index (χ3n) is 10.0. The van der Waals surface area contributed by atoms with E-state index in [9.17, 15) is 19.5 Å². The maximum atomic E-state index is 14.4. The van der Waals surface area contributed by atoms with Gasteiger partial charge in [-0.25, -0.2) is 4.79 Å². The number of carbonyl (C=O) groups is 3. The summed E-state index contributed by atoms with van der Waals surface area (Å²) < 4.78 is 12.7. The summed E-state index contributed by atoms with van der Waals surface area (Å²) in [6.45, 7) is 6.90. The van der Waals surface area contributed by atoms with Crippen LogP contribution in [0.5, 0.6) is 5.75 Å². The summed E-state index contributed by atoms with van der Waals surface area (Å²) in [7, 11) is 1.80. The lowest BCUT2D eigenvalue weighted by atomic mass is 9.88. The van der Waals surface area contributed by atoms with Crippen molar-refractivity contribution in [2.45, 2.75) is 129 Å². The lowest BCUT2D eigenvalue weighted by Gasteiger charge is -2.36. The minimum atomic E-state index is -0.471. The molecule has 0 radical (unpaired) electrons. The number of urea groups is 1. The predicted octanol–water partition coefficient (Wildman–Crippen LogP) is 5.98. The number of benzene rings is 1. The lowest BCUT2D eigenvalue weighted by Crippen LogP contribution is -2.50. The zero-order chi connectivity index (χ0) is 33.1. The smallest absolute Gasteiger partial charge is 0.317 e. The van der Waals surface area contributed by atoms with Gasteiger partial charge in [-0.2, -0.15) is 0 Å². The standard InChI is InChI=1S/C36H58N4O6/c1-25-22-40(26(2)24-41)35(43)31-21-30(37-34(42)28-14-7-5-8-15-28)18-19-32(31)46-27(3)13-11-12-20-45-33(25)23-39(4)36(44)38-29-16-9-6-10-17-29/h18-19,21,25-29,33,41H,5-17,20,22-24H2,1-4H3,(H,37,42)(H,38,44)/t25-,26+,27-,33-/m1/s1. The molecule has 0 bridgehead atoms. The molecule has 2 fully saturated rings. The van der Waals surface area contributed by atoms with Crippen molar-refractivity contribution in [1.29, 1.82) is 0 Å². The number of amides is 4. The summed E-state index contributed by atoms with van der Waals surface area (Å²) in [4.78, 5) is 43.9. The summed E-state index contributed by atoms with van der Waals surface area (Å²) in [6.07, 6.45) is 12.7. The van der Waals surface area contributed by atoms with E-state index in [-0.39, 0.29) is 54.5 Å². The van der Waals surface area contributed by atoms with Crippen LogP contribution < -0.4 is 15.4 Å². The fourth-order valence-electron chi connectivity index (χ4n) is 6.96. The number of hydrogen-bond donors (Lipinski definition) is 3. The molecule has 10 heteroatoms. The van der Waals surface area contributed by atoms with Crippen LogP contribution >= 0.6 is 0 Å². The van der Waals surface area contributed by atoms with Crippen molar-refractivity contribution in [2.24, 2.45) is 11.8 Å². The topological polar surface area (TPSA) is 120 Å². The van der Waals surface area contributed by atoms with Gasteiger partial charge in [0.2, 0.25) is 5.91 Å². The highest BCUT2D eigenvalue weighted by Gasteiger charge is 2.31. The van der Waals surface area contributed by atoms with Gasteiger partial charge in [0.1, 0.15) is 5.75 Å². The number of nitrogens with zero attached hydrogens (tertiary/aromatic N) is 2. The van der Waals surface area contributed by atoms with Crippen LogP contribution in [0.2, 0.25) is 0 Å². The first-order chi connectivity index (χ1) is 22.2. The number of ether oxygens (including phenoxy) is 2. The van der Waals surface area contributed by atoms with Crippen LogP contribution in [0, 0.1) is 11.8 Å². The number of rotatable bonds is 7. The van der Waals surface area contributed by atoms with Gasteiger partial charge in [0.05, 0.1) is 30.4 Å². The summed E-state index contributed by atoms with van der Waals surface area (Å²) in [5.74, 6) is 0.0425. The normalized spacial score (nSPS) is 25.0. The van der Waals surface area contributed by atoms with Crippen molar-refractivity contribution in [3.05, 3.63) is 23.8 Å². The molecule has 4 atom stereocenters. The maximum absolute atomic E-state index is 14.4. The first-order valence-corrected chi connectivity index (χ1v) is 17.8. The van der Waals surface area contributed by atoms with Crippen molar-refractivity contribution in [3.8, 4) is 5.75 Å². The van der Waals surface area contributed by atoms with E-state index in [0.717, 1.165) is 70.6 Å². The maximum Gasteiger partial charge on any atom is 0.317 e. The molecule has 1 aromatic rings. The van der Waals surface area contributed by atoms with E-state index in [1.807, 2.05) is 26.8 Å². The average Bonchev–Trinajstić information content (AvgIpc) is 3.06. The number of anilines is 1. The van der Waals surface area contributed by atoms with E-state index >= 15 is 0 Å². The summed E-state index contributed by atoms with van der Waals surface area (Å²) in [5, 5.41) is 16.5. The van der Waals surface area contributed by atoms with Gasteiger partial charge in [0, 0.05) is 50.3 Å². The van der Waals surface area contributed by atoms with Crippen molar-refractivity contribution in [1.82, 2.24) is 15.1 Å². The van der Waals surface area contributed by atoms with E-state index in [4.69, 9.17) is 9.47 Å². The van der Waals surface area contributed by atoms with Crippen molar-refractivity contribution in [3.63, 3.8) is 0 Å². The zero-order valence-corrected chi connectivity index (χ0v) is 28.6. The Bertz CT molecular complexity index is 1140. The van der Waals surface area contributed by atoms with Gasteiger partial charge in [-0.15, -0.1) is 0 Å². The Morgan fingerprint density at radius 2 is 1.67 bits per heavy atom. The van der Waals surface area contributed by atoms with Gasteiger partial charge >= 0.3 is 6.03 Å². The monoisotopic (exact) mass is 642 g/mol.